The first-order chi connectivity index (χ1) is 22.5. The number of carbonyl (C=O) groups excluding carboxylic acids is 3. The molecule has 3 heterocycles. The van der Waals surface area contributed by atoms with Crippen molar-refractivity contribution in [1.29, 1.82) is 0 Å². The quantitative estimate of drug-likeness (QED) is 0.290. The molecule has 1 aromatic heterocycles. The van der Waals surface area contributed by atoms with Crippen LogP contribution in [-0.2, 0) is 25.5 Å². The third kappa shape index (κ3) is 7.90. The van der Waals surface area contributed by atoms with Gasteiger partial charge in [-0.25, -0.2) is 9.97 Å². The van der Waals surface area contributed by atoms with Crippen molar-refractivity contribution in [2.45, 2.75) is 65.5 Å². The highest BCUT2D eigenvalue weighted by Gasteiger charge is 2.42. The van der Waals surface area contributed by atoms with Crippen molar-refractivity contribution >= 4 is 45.6 Å². The first-order valence-electron chi connectivity index (χ1n) is 16.5. The molecule has 0 unspecified atom stereocenters. The van der Waals surface area contributed by atoms with Gasteiger partial charge in [-0.15, -0.1) is 0 Å². The lowest BCUT2D eigenvalue weighted by atomic mass is 9.76. The lowest BCUT2D eigenvalue weighted by Crippen LogP contribution is -2.48. The zero-order chi connectivity index (χ0) is 33.7. The summed E-state index contributed by atoms with van der Waals surface area (Å²) in [5.74, 6) is 0.458. The van der Waals surface area contributed by atoms with Crippen molar-refractivity contribution in [1.82, 2.24) is 20.2 Å². The van der Waals surface area contributed by atoms with Gasteiger partial charge in [0.1, 0.15) is 23.7 Å². The molecule has 3 atom stereocenters. The molecule has 0 radical (unpaired) electrons. The maximum Gasteiger partial charge on any atom is 0.227 e. The van der Waals surface area contributed by atoms with Gasteiger partial charge in [0.25, 0.3) is 0 Å². The van der Waals surface area contributed by atoms with Crippen molar-refractivity contribution in [2.24, 2.45) is 11.3 Å². The lowest BCUT2D eigenvalue weighted by molar-refractivity contribution is -0.145. The molecule has 2 saturated heterocycles. The number of carbonyl (C=O) groups is 3. The Morgan fingerprint density at radius 1 is 1.06 bits per heavy atom. The van der Waals surface area contributed by atoms with E-state index in [4.69, 9.17) is 9.47 Å². The molecule has 0 spiro atoms. The minimum atomic E-state index is -0.556. The van der Waals surface area contributed by atoms with Gasteiger partial charge in [-0.2, -0.15) is 0 Å². The third-order valence-electron chi connectivity index (χ3n) is 9.48. The van der Waals surface area contributed by atoms with Crippen LogP contribution in [0.1, 0.15) is 52.5 Å². The molecule has 3 aromatic rings. The van der Waals surface area contributed by atoms with Crippen LogP contribution in [0.4, 0.5) is 17.2 Å². The number of hydrogen-bond acceptors (Lipinski definition) is 10. The van der Waals surface area contributed by atoms with E-state index in [1.54, 1.807) is 26.0 Å². The largest absolute Gasteiger partial charge is 0.496 e. The molecule has 252 valence electrons. The fourth-order valence-corrected chi connectivity index (χ4v) is 6.44. The highest BCUT2D eigenvalue weighted by atomic mass is 16.5. The van der Waals surface area contributed by atoms with Gasteiger partial charge in [0.2, 0.25) is 5.91 Å². The fourth-order valence-electron chi connectivity index (χ4n) is 6.44. The Morgan fingerprint density at radius 3 is 2.45 bits per heavy atom. The first kappa shape index (κ1) is 34.3. The predicted octanol–water partition coefficient (Wildman–Crippen LogP) is 4.55. The Hall–Kier alpha value is -4.09. The van der Waals surface area contributed by atoms with Crippen molar-refractivity contribution in [3.05, 3.63) is 48.3 Å². The molecule has 11 nitrogen and oxygen atoms in total. The summed E-state index contributed by atoms with van der Waals surface area (Å²) < 4.78 is 11.2. The Bertz CT molecular complexity index is 1580. The normalized spacial score (nSPS) is 18.2. The second-order valence-electron chi connectivity index (χ2n) is 13.6. The molecule has 2 fully saturated rings. The number of methoxy groups -OCH3 is 1. The number of amides is 1. The van der Waals surface area contributed by atoms with Gasteiger partial charge < -0.3 is 29.9 Å². The van der Waals surface area contributed by atoms with Crippen LogP contribution in [0.2, 0.25) is 0 Å². The van der Waals surface area contributed by atoms with Crippen LogP contribution in [0.5, 0.6) is 5.75 Å². The van der Waals surface area contributed by atoms with Crippen LogP contribution in [0.3, 0.4) is 0 Å². The monoisotopic (exact) mass is 644 g/mol. The first-order valence-corrected chi connectivity index (χ1v) is 16.5. The maximum atomic E-state index is 14.0. The summed E-state index contributed by atoms with van der Waals surface area (Å²) in [5.41, 5.74) is 2.97. The number of rotatable bonds is 12. The van der Waals surface area contributed by atoms with Crippen molar-refractivity contribution in [2.75, 3.05) is 57.2 Å². The Morgan fingerprint density at radius 2 is 1.79 bits per heavy atom. The predicted molar refractivity (Wildman–Crippen MR) is 183 cm³/mol. The molecule has 0 saturated carbocycles. The molecule has 2 aromatic carbocycles. The maximum absolute atomic E-state index is 14.0. The highest BCUT2D eigenvalue weighted by Crippen LogP contribution is 2.35. The molecule has 0 bridgehead atoms. The molecule has 2 aliphatic rings. The van der Waals surface area contributed by atoms with Gasteiger partial charge in [0, 0.05) is 66.8 Å². The van der Waals surface area contributed by atoms with Crippen LogP contribution in [0, 0.1) is 11.3 Å². The molecule has 5 rings (SSSR count). The van der Waals surface area contributed by atoms with Crippen LogP contribution in [0.25, 0.3) is 10.9 Å². The fraction of sp³-hybridized carbons (Fsp3) is 0.528. The van der Waals surface area contributed by atoms with Gasteiger partial charge in [-0.1, -0.05) is 20.8 Å². The standard InChI is InChI=1S/C36H48N6O5/c1-23(37-5)31(43)20-28(36(2,3)4)35(45)42-13-7-8-30(42)32(44)19-24-18-27-29(21-33(24)46-6)38-22-39-34(27)40-25-9-11-26(12-10-25)41-14-16-47-17-15-41/h9-12,18,21-23,28,30,37H,7-8,13-17,19-20H2,1-6H3,(H,38,39,40)/t23-,28+,30-/m0/s1. The second-order valence-corrected chi connectivity index (χ2v) is 13.6. The number of ether oxygens (including phenoxy) is 2. The van der Waals surface area contributed by atoms with Crippen LogP contribution in [0.15, 0.2) is 42.7 Å². The number of Topliss-reactive ketones (excluding diaryl/α,β-unsaturated/α-hetero) is 2. The molecule has 11 heteroatoms. The average Bonchev–Trinajstić information content (AvgIpc) is 3.57. The summed E-state index contributed by atoms with van der Waals surface area (Å²) in [7, 11) is 3.32. The Balaban J connectivity index is 1.36. The number of likely N-dealkylation sites (N-methyl/N-ethyl adjacent to an activating group) is 1. The Labute approximate surface area is 277 Å². The summed E-state index contributed by atoms with van der Waals surface area (Å²) in [6.45, 7) is 11.4. The molecular formula is C36H48N6O5. The Kier molecular flexibility index (Phi) is 10.8. The minimum absolute atomic E-state index is 0.0107. The van der Waals surface area contributed by atoms with Gasteiger partial charge >= 0.3 is 0 Å². The van der Waals surface area contributed by atoms with Crippen LogP contribution >= 0.6 is 0 Å². The van der Waals surface area contributed by atoms with E-state index in [1.165, 1.54) is 6.33 Å². The van der Waals surface area contributed by atoms with Crippen molar-refractivity contribution in [3.63, 3.8) is 0 Å². The average molecular weight is 645 g/mol. The van der Waals surface area contributed by atoms with Gasteiger partial charge in [-0.05, 0) is 62.6 Å². The topological polar surface area (TPSA) is 126 Å². The lowest BCUT2D eigenvalue weighted by Gasteiger charge is -2.35. The van der Waals surface area contributed by atoms with Gasteiger partial charge in [0.15, 0.2) is 5.78 Å². The smallest absolute Gasteiger partial charge is 0.227 e. The van der Waals surface area contributed by atoms with E-state index < -0.39 is 17.4 Å². The number of aromatic nitrogens is 2. The van der Waals surface area contributed by atoms with Crippen molar-refractivity contribution < 1.29 is 23.9 Å². The summed E-state index contributed by atoms with van der Waals surface area (Å²) >= 11 is 0. The highest BCUT2D eigenvalue weighted by molar-refractivity contribution is 5.96. The zero-order valence-corrected chi connectivity index (χ0v) is 28.5. The third-order valence-corrected chi connectivity index (χ3v) is 9.48. The van der Waals surface area contributed by atoms with E-state index in [0.29, 0.717) is 35.6 Å². The molecule has 0 aliphatic carbocycles. The number of ketones is 2. The summed E-state index contributed by atoms with van der Waals surface area (Å²) in [4.78, 5) is 53.8. The van der Waals surface area contributed by atoms with Crippen LogP contribution in [-0.4, -0.2) is 91.4 Å². The molecular weight excluding hydrogens is 596 g/mol. The number of nitrogens with zero attached hydrogens (tertiary/aromatic N) is 4. The molecule has 2 aliphatic heterocycles. The number of hydrogen-bond donors (Lipinski definition) is 2. The molecule has 2 N–H and O–H groups in total. The number of anilines is 3. The number of morpholine rings is 1. The van der Waals surface area contributed by atoms with E-state index in [1.807, 2.05) is 45.0 Å². The second kappa shape index (κ2) is 14.8. The number of benzene rings is 2. The van der Waals surface area contributed by atoms with Gasteiger partial charge in [-0.3, -0.25) is 14.4 Å². The summed E-state index contributed by atoms with van der Waals surface area (Å²) in [6.07, 6.45) is 3.06. The van der Waals surface area contributed by atoms with Crippen LogP contribution < -0.4 is 20.3 Å². The molecule has 1 amide bonds. The van der Waals surface area contributed by atoms with E-state index in [9.17, 15) is 14.4 Å². The summed E-state index contributed by atoms with van der Waals surface area (Å²) in [5, 5.41) is 7.16. The van der Waals surface area contributed by atoms with Crippen molar-refractivity contribution in [3.8, 4) is 5.75 Å². The number of nitrogens with one attached hydrogen (secondary N) is 2. The number of fused-ring (bicyclic) bond motifs is 1. The molecule has 47 heavy (non-hydrogen) atoms. The van der Waals surface area contributed by atoms with Gasteiger partial charge in [0.05, 0.1) is 37.9 Å². The van der Waals surface area contributed by atoms with E-state index in [-0.39, 0.29) is 36.4 Å². The number of likely N-dealkylation sites (tertiary alicyclic amines) is 1. The summed E-state index contributed by atoms with van der Waals surface area (Å²) in [6, 6.07) is 11.1. The SMILES string of the molecule is CN[C@@H](C)C(=O)C[C@H](C(=O)N1CCC[C@H]1C(=O)Cc1cc2c(Nc3ccc(N4CCOCC4)cc3)ncnc2cc1OC)C(C)(C)C. The van der Waals surface area contributed by atoms with E-state index in [0.717, 1.165) is 49.5 Å². The minimum Gasteiger partial charge on any atom is -0.496 e. The van der Waals surface area contributed by atoms with E-state index >= 15 is 0 Å². The zero-order valence-electron chi connectivity index (χ0n) is 28.5. The van der Waals surface area contributed by atoms with E-state index in [2.05, 4.69) is 37.6 Å².